The Hall–Kier alpha value is -1.36. The lowest BCUT2D eigenvalue weighted by Crippen LogP contribution is -2.39. The fourth-order valence-corrected chi connectivity index (χ4v) is 3.40. The molecule has 1 aromatic rings. The minimum atomic E-state index is -3.03. The molecule has 1 aliphatic heterocycles. The molecule has 0 N–H and O–H groups in total. The summed E-state index contributed by atoms with van der Waals surface area (Å²) in [7, 11) is -3.03. The highest BCUT2D eigenvalue weighted by atomic mass is 32.2. The van der Waals surface area contributed by atoms with Crippen LogP contribution in [0.4, 0.5) is 0 Å². The van der Waals surface area contributed by atoms with E-state index < -0.39 is 9.84 Å². The van der Waals surface area contributed by atoms with Crippen molar-refractivity contribution in [2.75, 3.05) is 19.3 Å². The van der Waals surface area contributed by atoms with Crippen molar-refractivity contribution in [3.8, 4) is 0 Å². The minimum absolute atomic E-state index is 0.0161. The third-order valence-electron chi connectivity index (χ3n) is 3.57. The molecule has 1 aliphatic rings. The van der Waals surface area contributed by atoms with Crippen LogP contribution in [0.3, 0.4) is 0 Å². The van der Waals surface area contributed by atoms with Gasteiger partial charge in [-0.1, -0.05) is 19.1 Å². The third kappa shape index (κ3) is 4.07. The van der Waals surface area contributed by atoms with Crippen molar-refractivity contribution < 1.29 is 13.2 Å². The Labute approximate surface area is 120 Å². The predicted molar refractivity (Wildman–Crippen MR) is 79.3 cm³/mol. The minimum Gasteiger partial charge on any atom is -0.338 e. The highest BCUT2D eigenvalue weighted by molar-refractivity contribution is 7.89. The second-order valence-corrected chi connectivity index (χ2v) is 7.91. The van der Waals surface area contributed by atoms with Crippen molar-refractivity contribution >= 4 is 15.7 Å². The number of nitrogens with zero attached hydrogens (tertiary/aromatic N) is 1. The lowest BCUT2D eigenvalue weighted by atomic mass is 9.99. The van der Waals surface area contributed by atoms with E-state index in [1.54, 1.807) is 24.3 Å². The van der Waals surface area contributed by atoms with E-state index in [4.69, 9.17) is 0 Å². The molecular weight excluding hydrogens is 274 g/mol. The number of carbonyl (C=O) groups excluding carboxylic acids is 1. The van der Waals surface area contributed by atoms with Gasteiger partial charge in [-0.15, -0.1) is 0 Å². The number of hydrogen-bond donors (Lipinski definition) is 0. The predicted octanol–water partition coefficient (Wildman–Crippen LogP) is 2.10. The van der Waals surface area contributed by atoms with Crippen LogP contribution in [0.5, 0.6) is 0 Å². The molecular formula is C15H21NO3S. The van der Waals surface area contributed by atoms with Crippen LogP contribution in [0, 0.1) is 5.92 Å². The van der Waals surface area contributed by atoms with E-state index in [-0.39, 0.29) is 11.7 Å². The smallest absolute Gasteiger partial charge is 0.253 e. The zero-order valence-electron chi connectivity index (χ0n) is 12.0. The molecule has 1 amide bonds. The normalized spacial score (nSPS) is 19.9. The lowest BCUT2D eigenvalue weighted by Gasteiger charge is -2.31. The lowest BCUT2D eigenvalue weighted by molar-refractivity contribution is 0.0683. The maximum absolute atomic E-state index is 12.3. The molecule has 0 radical (unpaired) electrons. The van der Waals surface area contributed by atoms with Crippen molar-refractivity contribution in [3.05, 3.63) is 35.4 Å². The average molecular weight is 295 g/mol. The molecule has 1 aromatic carbocycles. The van der Waals surface area contributed by atoms with Gasteiger partial charge in [0, 0.05) is 24.9 Å². The van der Waals surface area contributed by atoms with Crippen LogP contribution in [-0.2, 0) is 15.6 Å². The molecule has 2 rings (SSSR count). The summed E-state index contributed by atoms with van der Waals surface area (Å²) in [4.78, 5) is 14.2. The first-order valence-electron chi connectivity index (χ1n) is 6.91. The summed E-state index contributed by atoms with van der Waals surface area (Å²) in [6.07, 6.45) is 3.44. The highest BCUT2D eigenvalue weighted by Gasteiger charge is 2.21. The zero-order chi connectivity index (χ0) is 14.8. The molecule has 0 bridgehead atoms. The topological polar surface area (TPSA) is 54.5 Å². The maximum Gasteiger partial charge on any atom is 0.253 e. The molecule has 0 aromatic heterocycles. The van der Waals surface area contributed by atoms with Gasteiger partial charge in [-0.2, -0.15) is 0 Å². The standard InChI is InChI=1S/C15H21NO3S/c1-12-4-3-9-16(10-12)15(17)14-7-5-13(6-8-14)11-20(2,18)19/h5-8,12H,3-4,9-11H2,1-2H3/t12-/m1/s1. The first-order valence-corrected chi connectivity index (χ1v) is 8.97. The molecule has 0 unspecified atom stereocenters. The first kappa shape index (κ1) is 15.0. The summed E-state index contributed by atoms with van der Waals surface area (Å²) in [6, 6.07) is 6.90. The van der Waals surface area contributed by atoms with Gasteiger partial charge in [0.1, 0.15) is 0 Å². The van der Waals surface area contributed by atoms with Crippen LogP contribution in [-0.4, -0.2) is 38.6 Å². The summed E-state index contributed by atoms with van der Waals surface area (Å²) >= 11 is 0. The Bertz CT molecular complexity index is 578. The Kier molecular flexibility index (Phi) is 4.48. The SMILES string of the molecule is C[C@@H]1CCCN(C(=O)c2ccc(CS(C)(=O)=O)cc2)C1. The van der Waals surface area contributed by atoms with Gasteiger partial charge < -0.3 is 4.90 Å². The van der Waals surface area contributed by atoms with E-state index in [0.29, 0.717) is 11.5 Å². The molecule has 0 aliphatic carbocycles. The van der Waals surface area contributed by atoms with Gasteiger partial charge in [-0.05, 0) is 36.5 Å². The van der Waals surface area contributed by atoms with Crippen molar-refractivity contribution in [3.63, 3.8) is 0 Å². The molecule has 1 heterocycles. The largest absolute Gasteiger partial charge is 0.338 e. The van der Waals surface area contributed by atoms with Crippen LogP contribution in [0.2, 0.25) is 0 Å². The number of hydrogen-bond acceptors (Lipinski definition) is 3. The van der Waals surface area contributed by atoms with Crippen molar-refractivity contribution in [2.24, 2.45) is 5.92 Å². The second-order valence-electron chi connectivity index (χ2n) is 5.77. The molecule has 0 saturated carbocycles. The third-order valence-corrected chi connectivity index (χ3v) is 4.43. The van der Waals surface area contributed by atoms with Gasteiger partial charge in [0.2, 0.25) is 0 Å². The van der Waals surface area contributed by atoms with Crippen molar-refractivity contribution in [2.45, 2.75) is 25.5 Å². The van der Waals surface area contributed by atoms with E-state index in [9.17, 15) is 13.2 Å². The van der Waals surface area contributed by atoms with E-state index in [0.717, 1.165) is 25.1 Å². The number of likely N-dealkylation sites (tertiary alicyclic amines) is 1. The summed E-state index contributed by atoms with van der Waals surface area (Å²) in [5, 5.41) is 0. The second kappa shape index (κ2) is 5.95. The Morgan fingerprint density at radius 1 is 1.30 bits per heavy atom. The molecule has 1 fully saturated rings. The van der Waals surface area contributed by atoms with Gasteiger partial charge >= 0.3 is 0 Å². The zero-order valence-corrected chi connectivity index (χ0v) is 12.8. The molecule has 0 spiro atoms. The Morgan fingerprint density at radius 2 is 1.95 bits per heavy atom. The fraction of sp³-hybridized carbons (Fsp3) is 0.533. The highest BCUT2D eigenvalue weighted by Crippen LogP contribution is 2.18. The Morgan fingerprint density at radius 3 is 2.50 bits per heavy atom. The first-order chi connectivity index (χ1) is 9.35. The van der Waals surface area contributed by atoms with Crippen LogP contribution in [0.25, 0.3) is 0 Å². The molecule has 110 valence electrons. The quantitative estimate of drug-likeness (QED) is 0.858. The number of benzene rings is 1. The van der Waals surface area contributed by atoms with E-state index >= 15 is 0 Å². The Balaban J connectivity index is 2.07. The van der Waals surface area contributed by atoms with Gasteiger partial charge in [0.15, 0.2) is 9.84 Å². The summed E-state index contributed by atoms with van der Waals surface area (Å²) in [5.41, 5.74) is 1.35. The fourth-order valence-electron chi connectivity index (χ4n) is 2.60. The number of piperidine rings is 1. The maximum atomic E-state index is 12.3. The number of amides is 1. The monoisotopic (exact) mass is 295 g/mol. The molecule has 4 nitrogen and oxygen atoms in total. The van der Waals surface area contributed by atoms with E-state index in [2.05, 4.69) is 6.92 Å². The summed E-state index contributed by atoms with van der Waals surface area (Å²) in [6.45, 7) is 3.78. The number of sulfone groups is 1. The summed E-state index contributed by atoms with van der Waals surface area (Å²) < 4.78 is 22.5. The number of carbonyl (C=O) groups is 1. The number of rotatable bonds is 3. The van der Waals surface area contributed by atoms with Gasteiger partial charge in [-0.25, -0.2) is 8.42 Å². The van der Waals surface area contributed by atoms with Gasteiger partial charge in [-0.3, -0.25) is 4.79 Å². The van der Waals surface area contributed by atoms with Crippen LogP contribution < -0.4 is 0 Å². The molecule has 1 atom stereocenters. The van der Waals surface area contributed by atoms with E-state index in [1.807, 2.05) is 4.90 Å². The molecule has 20 heavy (non-hydrogen) atoms. The average Bonchev–Trinajstić information content (AvgIpc) is 2.37. The van der Waals surface area contributed by atoms with Gasteiger partial charge in [0.25, 0.3) is 5.91 Å². The molecule has 1 saturated heterocycles. The van der Waals surface area contributed by atoms with Crippen LogP contribution in [0.1, 0.15) is 35.7 Å². The van der Waals surface area contributed by atoms with Crippen LogP contribution in [0.15, 0.2) is 24.3 Å². The van der Waals surface area contributed by atoms with Gasteiger partial charge in [0.05, 0.1) is 5.75 Å². The van der Waals surface area contributed by atoms with Crippen molar-refractivity contribution in [1.29, 1.82) is 0 Å². The van der Waals surface area contributed by atoms with Crippen LogP contribution >= 0.6 is 0 Å². The van der Waals surface area contributed by atoms with E-state index in [1.165, 1.54) is 12.7 Å². The molecule has 5 heteroatoms. The van der Waals surface area contributed by atoms with Crippen molar-refractivity contribution in [1.82, 2.24) is 4.90 Å². The summed E-state index contributed by atoms with van der Waals surface area (Å²) in [5.74, 6) is 0.613.